The largest absolute Gasteiger partial charge is 0.325 e. The average molecular weight is 257 g/mol. The van der Waals surface area contributed by atoms with E-state index in [1.807, 2.05) is 31.2 Å². The third kappa shape index (κ3) is 5.20. The van der Waals surface area contributed by atoms with Crippen molar-refractivity contribution in [3.05, 3.63) is 29.8 Å². The van der Waals surface area contributed by atoms with Crippen LogP contribution in [-0.4, -0.2) is 11.9 Å². The molecule has 0 aliphatic carbocycles. The van der Waals surface area contributed by atoms with Crippen molar-refractivity contribution in [2.24, 2.45) is 5.73 Å². The molecule has 1 atom stereocenters. The van der Waals surface area contributed by atoms with Crippen LogP contribution in [0.5, 0.6) is 0 Å². The van der Waals surface area contributed by atoms with E-state index in [-0.39, 0.29) is 18.3 Å². The molecule has 0 heterocycles. The Labute approximate surface area is 109 Å². The highest BCUT2D eigenvalue weighted by Gasteiger charge is 2.11. The lowest BCUT2D eigenvalue weighted by atomic mass is 10.1. The van der Waals surface area contributed by atoms with E-state index in [4.69, 9.17) is 5.73 Å². The molecule has 0 saturated heterocycles. The molecule has 1 aromatic rings. The lowest BCUT2D eigenvalue weighted by Crippen LogP contribution is -2.35. The number of hydrogen-bond donors (Lipinski definition) is 2. The quantitative estimate of drug-likeness (QED) is 0.851. The molecule has 0 aromatic heterocycles. The SMILES string of the molecule is CCCC(N)C(=O)Nc1cccc(CC)c1.Cl. The summed E-state index contributed by atoms with van der Waals surface area (Å²) in [6.07, 6.45) is 2.60. The molecule has 0 fully saturated rings. The van der Waals surface area contributed by atoms with Crippen LogP contribution in [0.25, 0.3) is 0 Å². The molecule has 96 valence electrons. The van der Waals surface area contributed by atoms with Gasteiger partial charge in [0, 0.05) is 5.69 Å². The van der Waals surface area contributed by atoms with E-state index in [0.717, 1.165) is 24.9 Å². The van der Waals surface area contributed by atoms with Crippen molar-refractivity contribution in [3.8, 4) is 0 Å². The van der Waals surface area contributed by atoms with Gasteiger partial charge in [-0.05, 0) is 30.5 Å². The molecule has 1 unspecified atom stereocenters. The van der Waals surface area contributed by atoms with Crippen molar-refractivity contribution in [1.29, 1.82) is 0 Å². The summed E-state index contributed by atoms with van der Waals surface area (Å²) in [5, 5.41) is 2.84. The van der Waals surface area contributed by atoms with Gasteiger partial charge >= 0.3 is 0 Å². The molecular formula is C13H21ClN2O. The standard InChI is InChI=1S/C13H20N2O.ClH/c1-3-6-12(14)13(16)15-11-8-5-7-10(4-2)9-11;/h5,7-9,12H,3-4,6,14H2,1-2H3,(H,15,16);1H. The summed E-state index contributed by atoms with van der Waals surface area (Å²) in [5.41, 5.74) is 7.77. The Morgan fingerprint density at radius 3 is 2.71 bits per heavy atom. The van der Waals surface area contributed by atoms with Gasteiger partial charge in [-0.3, -0.25) is 4.79 Å². The van der Waals surface area contributed by atoms with Crippen molar-refractivity contribution in [3.63, 3.8) is 0 Å². The van der Waals surface area contributed by atoms with E-state index in [0.29, 0.717) is 0 Å². The van der Waals surface area contributed by atoms with Gasteiger partial charge in [0.15, 0.2) is 0 Å². The van der Waals surface area contributed by atoms with Crippen LogP contribution in [0.2, 0.25) is 0 Å². The van der Waals surface area contributed by atoms with Gasteiger partial charge in [0.25, 0.3) is 0 Å². The summed E-state index contributed by atoms with van der Waals surface area (Å²) >= 11 is 0. The van der Waals surface area contributed by atoms with E-state index in [1.54, 1.807) is 0 Å². The molecule has 17 heavy (non-hydrogen) atoms. The number of carbonyl (C=O) groups is 1. The van der Waals surface area contributed by atoms with Crippen LogP contribution < -0.4 is 11.1 Å². The van der Waals surface area contributed by atoms with Crippen molar-refractivity contribution < 1.29 is 4.79 Å². The second-order valence-corrected chi connectivity index (χ2v) is 3.94. The number of halogens is 1. The smallest absolute Gasteiger partial charge is 0.241 e. The fourth-order valence-electron chi connectivity index (χ4n) is 1.55. The van der Waals surface area contributed by atoms with Crippen molar-refractivity contribution in [1.82, 2.24) is 0 Å². The number of carbonyl (C=O) groups excluding carboxylic acids is 1. The Morgan fingerprint density at radius 1 is 1.41 bits per heavy atom. The highest BCUT2D eigenvalue weighted by molar-refractivity contribution is 5.94. The molecule has 0 radical (unpaired) electrons. The summed E-state index contributed by atoms with van der Waals surface area (Å²) in [7, 11) is 0. The lowest BCUT2D eigenvalue weighted by molar-refractivity contribution is -0.117. The van der Waals surface area contributed by atoms with E-state index < -0.39 is 6.04 Å². The normalized spacial score (nSPS) is 11.5. The number of benzene rings is 1. The van der Waals surface area contributed by atoms with Crippen LogP contribution >= 0.6 is 12.4 Å². The molecule has 3 nitrogen and oxygen atoms in total. The highest BCUT2D eigenvalue weighted by Crippen LogP contribution is 2.11. The molecule has 1 aromatic carbocycles. The second kappa shape index (κ2) is 8.09. The molecule has 0 bridgehead atoms. The zero-order valence-corrected chi connectivity index (χ0v) is 11.2. The third-order valence-corrected chi connectivity index (χ3v) is 2.54. The maximum atomic E-state index is 11.7. The fraction of sp³-hybridized carbons (Fsp3) is 0.462. The van der Waals surface area contributed by atoms with Crippen LogP contribution in [0, 0.1) is 0 Å². The summed E-state index contributed by atoms with van der Waals surface area (Å²) in [6.45, 7) is 4.11. The minimum Gasteiger partial charge on any atom is -0.325 e. The first-order chi connectivity index (χ1) is 7.67. The Hall–Kier alpha value is -1.06. The minimum absolute atomic E-state index is 0. The topological polar surface area (TPSA) is 55.1 Å². The average Bonchev–Trinajstić information content (AvgIpc) is 2.29. The predicted molar refractivity (Wildman–Crippen MR) is 74.6 cm³/mol. The molecule has 0 saturated carbocycles. The Balaban J connectivity index is 0.00000256. The number of aryl methyl sites for hydroxylation is 1. The second-order valence-electron chi connectivity index (χ2n) is 3.94. The number of anilines is 1. The van der Waals surface area contributed by atoms with Crippen LogP contribution in [0.15, 0.2) is 24.3 Å². The zero-order valence-electron chi connectivity index (χ0n) is 10.4. The number of amides is 1. The maximum Gasteiger partial charge on any atom is 0.241 e. The summed E-state index contributed by atoms with van der Waals surface area (Å²) in [6, 6.07) is 7.45. The molecule has 1 amide bonds. The van der Waals surface area contributed by atoms with E-state index >= 15 is 0 Å². The van der Waals surface area contributed by atoms with Gasteiger partial charge in [-0.15, -0.1) is 12.4 Å². The van der Waals surface area contributed by atoms with Crippen LogP contribution in [-0.2, 0) is 11.2 Å². The Kier molecular flexibility index (Phi) is 7.59. The molecular weight excluding hydrogens is 236 g/mol. The highest BCUT2D eigenvalue weighted by atomic mass is 35.5. The van der Waals surface area contributed by atoms with Crippen molar-refractivity contribution in [2.75, 3.05) is 5.32 Å². The molecule has 4 heteroatoms. The first kappa shape index (κ1) is 15.9. The Bertz CT molecular complexity index is 355. The van der Waals surface area contributed by atoms with Gasteiger partial charge in [0.2, 0.25) is 5.91 Å². The van der Waals surface area contributed by atoms with Gasteiger partial charge < -0.3 is 11.1 Å². The van der Waals surface area contributed by atoms with Crippen LogP contribution in [0.4, 0.5) is 5.69 Å². The first-order valence-corrected chi connectivity index (χ1v) is 5.82. The summed E-state index contributed by atoms with van der Waals surface area (Å²) < 4.78 is 0. The molecule has 0 spiro atoms. The summed E-state index contributed by atoms with van der Waals surface area (Å²) in [5.74, 6) is -0.102. The van der Waals surface area contributed by atoms with Gasteiger partial charge in [-0.1, -0.05) is 32.4 Å². The predicted octanol–water partition coefficient (Wildman–Crippen LogP) is 2.74. The van der Waals surface area contributed by atoms with E-state index in [1.165, 1.54) is 5.56 Å². The summed E-state index contributed by atoms with van der Waals surface area (Å²) in [4.78, 5) is 11.7. The molecule has 0 aliphatic heterocycles. The number of rotatable bonds is 5. The van der Waals surface area contributed by atoms with Gasteiger partial charge in [-0.25, -0.2) is 0 Å². The molecule has 0 aliphatic rings. The maximum absolute atomic E-state index is 11.7. The number of nitrogens with one attached hydrogen (secondary N) is 1. The van der Waals surface area contributed by atoms with Gasteiger partial charge in [0.1, 0.15) is 0 Å². The monoisotopic (exact) mass is 256 g/mol. The van der Waals surface area contributed by atoms with E-state index in [2.05, 4.69) is 12.2 Å². The Morgan fingerprint density at radius 2 is 2.12 bits per heavy atom. The van der Waals surface area contributed by atoms with Crippen molar-refractivity contribution >= 4 is 24.0 Å². The molecule has 1 rings (SSSR count). The lowest BCUT2D eigenvalue weighted by Gasteiger charge is -2.11. The number of hydrogen-bond acceptors (Lipinski definition) is 2. The first-order valence-electron chi connectivity index (χ1n) is 5.82. The molecule has 3 N–H and O–H groups in total. The van der Waals surface area contributed by atoms with E-state index in [9.17, 15) is 4.79 Å². The minimum atomic E-state index is -0.407. The van der Waals surface area contributed by atoms with Crippen molar-refractivity contribution in [2.45, 2.75) is 39.2 Å². The zero-order chi connectivity index (χ0) is 12.0. The van der Waals surface area contributed by atoms with Gasteiger partial charge in [0.05, 0.1) is 6.04 Å². The van der Waals surface area contributed by atoms with Crippen LogP contribution in [0.3, 0.4) is 0 Å². The van der Waals surface area contributed by atoms with Gasteiger partial charge in [-0.2, -0.15) is 0 Å². The fourth-order valence-corrected chi connectivity index (χ4v) is 1.55. The number of nitrogens with two attached hydrogens (primary N) is 1. The third-order valence-electron chi connectivity index (χ3n) is 2.54. The van der Waals surface area contributed by atoms with Crippen LogP contribution in [0.1, 0.15) is 32.3 Å².